The fourth-order valence-electron chi connectivity index (χ4n) is 5.29. The zero-order valence-electron chi connectivity index (χ0n) is 27.5. The van der Waals surface area contributed by atoms with Crippen LogP contribution in [0.4, 0.5) is 4.79 Å². The number of benzene rings is 1. The van der Waals surface area contributed by atoms with E-state index >= 15 is 0 Å². The second kappa shape index (κ2) is 16.9. The summed E-state index contributed by atoms with van der Waals surface area (Å²) in [6.07, 6.45) is 1.61. The second-order valence-electron chi connectivity index (χ2n) is 12.6. The predicted octanol–water partition coefficient (Wildman–Crippen LogP) is 0.812. The number of hydrogen-bond donors (Lipinski definition) is 5. The van der Waals surface area contributed by atoms with Gasteiger partial charge in [-0.25, -0.2) is 9.86 Å². The van der Waals surface area contributed by atoms with Crippen molar-refractivity contribution in [1.29, 1.82) is 0 Å². The molecule has 2 fully saturated rings. The zero-order valence-corrected chi connectivity index (χ0v) is 27.5. The summed E-state index contributed by atoms with van der Waals surface area (Å²) in [6.45, 7) is 6.52. The summed E-state index contributed by atoms with van der Waals surface area (Å²) < 4.78 is 5.13. The van der Waals surface area contributed by atoms with Crippen LogP contribution in [-0.4, -0.2) is 101 Å². The van der Waals surface area contributed by atoms with E-state index in [1.54, 1.807) is 58.0 Å². The maximum absolute atomic E-state index is 13.5. The van der Waals surface area contributed by atoms with E-state index in [-0.39, 0.29) is 30.9 Å². The highest BCUT2D eigenvalue weighted by atomic mass is 16.6. The number of nitrogens with zero attached hydrogens (tertiary/aromatic N) is 2. The molecule has 258 valence electrons. The van der Waals surface area contributed by atoms with Crippen LogP contribution in [0, 0.1) is 11.8 Å². The van der Waals surface area contributed by atoms with Crippen molar-refractivity contribution in [2.24, 2.45) is 11.8 Å². The second-order valence-corrected chi connectivity index (χ2v) is 12.6. The van der Waals surface area contributed by atoms with E-state index < -0.39 is 72.1 Å². The molecule has 1 aliphatic carbocycles. The fraction of sp³-hybridized carbons (Fsp3) is 0.594. The molecule has 1 aliphatic heterocycles. The van der Waals surface area contributed by atoms with Crippen molar-refractivity contribution in [2.45, 2.75) is 90.1 Å². The van der Waals surface area contributed by atoms with E-state index in [0.29, 0.717) is 23.5 Å². The average Bonchev–Trinajstić information content (AvgIpc) is 3.70. The number of amides is 6. The molecular weight excluding hydrogens is 612 g/mol. The highest BCUT2D eigenvalue weighted by Gasteiger charge is 2.41. The molecule has 1 aromatic carbocycles. The van der Waals surface area contributed by atoms with E-state index in [1.807, 2.05) is 0 Å². The van der Waals surface area contributed by atoms with Crippen LogP contribution >= 0.6 is 0 Å². The molecule has 2 aliphatic rings. The molecule has 0 spiro atoms. The topological polar surface area (TPSA) is 204 Å². The smallest absolute Gasteiger partial charge is 0.408 e. The van der Waals surface area contributed by atoms with Gasteiger partial charge in [0.05, 0.1) is 18.7 Å². The molecule has 1 saturated carbocycles. The van der Waals surface area contributed by atoms with Crippen LogP contribution in [-0.2, 0) is 33.5 Å². The van der Waals surface area contributed by atoms with Gasteiger partial charge in [0.1, 0.15) is 18.1 Å². The SMILES string of the molecule is CC(C)OC(=O)NC(C(=O)N1CCCC1C(=O)NC(CC1CC1)C(=O)C(=O)NCC(=O)NC(C(=O)N(C)O)c1ccccc1)C(C)C. The first-order chi connectivity index (χ1) is 22.2. The molecule has 0 bridgehead atoms. The molecule has 6 amide bonds. The standard InChI is InChI=1S/C32H46N6O9/c1-18(2)25(36-32(45)47-19(3)4)31(44)38-15-9-12-23(38)28(41)34-22(16-20-13-14-20)27(40)29(42)33-17-24(39)35-26(30(43)37(5)46)21-10-7-6-8-11-21/h6-8,10-11,18-20,22-23,25-26,46H,9,12-17H2,1-5H3,(H,33,42)(H,34,41)(H,35,39)(H,36,45). The van der Waals surface area contributed by atoms with Gasteiger partial charge in [-0.1, -0.05) is 57.0 Å². The molecule has 15 nitrogen and oxygen atoms in total. The zero-order chi connectivity index (χ0) is 34.8. The van der Waals surface area contributed by atoms with E-state index in [1.165, 1.54) is 4.90 Å². The minimum Gasteiger partial charge on any atom is -0.447 e. The van der Waals surface area contributed by atoms with Gasteiger partial charge in [0, 0.05) is 13.6 Å². The Bertz CT molecular complexity index is 1320. The van der Waals surface area contributed by atoms with Crippen LogP contribution in [0.1, 0.15) is 71.4 Å². The van der Waals surface area contributed by atoms with Crippen molar-refractivity contribution in [3.05, 3.63) is 35.9 Å². The van der Waals surface area contributed by atoms with Crippen LogP contribution < -0.4 is 21.3 Å². The van der Waals surface area contributed by atoms with Gasteiger partial charge in [-0.2, -0.15) is 0 Å². The summed E-state index contributed by atoms with van der Waals surface area (Å²) in [5.74, 6) is -4.86. The van der Waals surface area contributed by atoms with Crippen molar-refractivity contribution >= 4 is 41.4 Å². The molecule has 5 N–H and O–H groups in total. The lowest BCUT2D eigenvalue weighted by Crippen LogP contribution is -2.57. The average molecular weight is 659 g/mol. The Kier molecular flexibility index (Phi) is 13.2. The van der Waals surface area contributed by atoms with Crippen molar-refractivity contribution in [1.82, 2.24) is 31.2 Å². The van der Waals surface area contributed by atoms with Crippen LogP contribution in [0.25, 0.3) is 0 Å². The van der Waals surface area contributed by atoms with Crippen molar-refractivity contribution in [2.75, 3.05) is 20.1 Å². The molecule has 1 saturated heterocycles. The third-order valence-corrected chi connectivity index (χ3v) is 7.92. The van der Waals surface area contributed by atoms with Gasteiger partial charge in [-0.15, -0.1) is 0 Å². The Hall–Kier alpha value is -4.53. The quantitative estimate of drug-likeness (QED) is 0.103. The first kappa shape index (κ1) is 36.9. The molecular formula is C32H46N6O9. The third-order valence-electron chi connectivity index (χ3n) is 7.92. The van der Waals surface area contributed by atoms with Crippen LogP contribution in [0.3, 0.4) is 0 Å². The van der Waals surface area contributed by atoms with Gasteiger partial charge in [-0.3, -0.25) is 34.0 Å². The van der Waals surface area contributed by atoms with Gasteiger partial charge < -0.3 is 30.9 Å². The first-order valence-corrected chi connectivity index (χ1v) is 15.9. The lowest BCUT2D eigenvalue weighted by molar-refractivity contribution is -0.162. The number of likely N-dealkylation sites (tertiary alicyclic amines) is 1. The summed E-state index contributed by atoms with van der Waals surface area (Å²) in [5, 5.41) is 19.9. The summed E-state index contributed by atoms with van der Waals surface area (Å²) in [6, 6.07) is 3.91. The van der Waals surface area contributed by atoms with E-state index in [4.69, 9.17) is 4.74 Å². The summed E-state index contributed by atoms with van der Waals surface area (Å²) in [7, 11) is 1.11. The number of ketones is 1. The van der Waals surface area contributed by atoms with Crippen molar-refractivity contribution in [3.63, 3.8) is 0 Å². The number of ether oxygens (including phenoxy) is 1. The van der Waals surface area contributed by atoms with Crippen LogP contribution in [0.2, 0.25) is 0 Å². The highest BCUT2D eigenvalue weighted by molar-refractivity contribution is 6.38. The first-order valence-electron chi connectivity index (χ1n) is 15.9. The number of carbonyl (C=O) groups excluding carboxylic acids is 7. The number of hydrogen-bond acceptors (Lipinski definition) is 9. The number of carbonyl (C=O) groups is 7. The number of alkyl carbamates (subject to hydrolysis) is 1. The summed E-state index contributed by atoms with van der Waals surface area (Å²) in [5.41, 5.74) is 0.395. The van der Waals surface area contributed by atoms with E-state index in [9.17, 15) is 38.8 Å². The maximum Gasteiger partial charge on any atom is 0.408 e. The van der Waals surface area contributed by atoms with Gasteiger partial charge >= 0.3 is 6.09 Å². The molecule has 1 aromatic rings. The van der Waals surface area contributed by atoms with Crippen molar-refractivity contribution in [3.8, 4) is 0 Å². The normalized spacial score (nSPS) is 17.7. The minimum absolute atomic E-state index is 0.135. The molecule has 1 heterocycles. The van der Waals surface area contributed by atoms with Gasteiger partial charge in [0.15, 0.2) is 0 Å². The van der Waals surface area contributed by atoms with Gasteiger partial charge in [0.25, 0.3) is 11.8 Å². The third kappa shape index (κ3) is 10.8. The lowest BCUT2D eigenvalue weighted by atomic mass is 10.0. The number of rotatable bonds is 15. The molecule has 4 atom stereocenters. The summed E-state index contributed by atoms with van der Waals surface area (Å²) >= 11 is 0. The van der Waals surface area contributed by atoms with Crippen molar-refractivity contribution < 1.29 is 43.5 Å². The Labute approximate surface area is 274 Å². The Morgan fingerprint density at radius 1 is 0.957 bits per heavy atom. The van der Waals surface area contributed by atoms with E-state index in [0.717, 1.165) is 19.9 Å². The molecule has 0 aromatic heterocycles. The predicted molar refractivity (Wildman–Crippen MR) is 167 cm³/mol. The lowest BCUT2D eigenvalue weighted by Gasteiger charge is -2.31. The number of hydroxylamine groups is 2. The minimum atomic E-state index is -1.24. The monoisotopic (exact) mass is 658 g/mol. The van der Waals surface area contributed by atoms with Gasteiger partial charge in [0.2, 0.25) is 23.5 Å². The van der Waals surface area contributed by atoms with Crippen LogP contribution in [0.15, 0.2) is 30.3 Å². The van der Waals surface area contributed by atoms with Crippen LogP contribution in [0.5, 0.6) is 0 Å². The fourth-order valence-corrected chi connectivity index (χ4v) is 5.29. The molecule has 15 heteroatoms. The number of Topliss-reactive ketones (excluding diaryl/α,β-unsaturated/α-hetero) is 1. The molecule has 47 heavy (non-hydrogen) atoms. The van der Waals surface area contributed by atoms with E-state index in [2.05, 4.69) is 21.3 Å². The number of nitrogens with one attached hydrogen (secondary N) is 4. The summed E-state index contributed by atoms with van der Waals surface area (Å²) in [4.78, 5) is 91.9. The van der Waals surface area contributed by atoms with Gasteiger partial charge in [-0.05, 0) is 50.5 Å². The number of likely N-dealkylation sites (N-methyl/N-ethyl adjacent to an activating group) is 1. The largest absolute Gasteiger partial charge is 0.447 e. The highest BCUT2D eigenvalue weighted by Crippen LogP contribution is 2.34. The molecule has 4 unspecified atom stereocenters. The Morgan fingerprint density at radius 3 is 2.19 bits per heavy atom. The maximum atomic E-state index is 13.5. The molecule has 0 radical (unpaired) electrons. The Balaban J connectivity index is 1.63. The molecule has 3 rings (SSSR count). The Morgan fingerprint density at radius 2 is 1.62 bits per heavy atom.